The number of ether oxygens (including phenoxy) is 2. The van der Waals surface area contributed by atoms with E-state index in [-0.39, 0.29) is 0 Å². The lowest BCUT2D eigenvalue weighted by atomic mass is 9.97. The SMILES string of the molecule is CC1(C)C=C(C(=O)Oc2cccc(SSc3cccc(OC(=O)C4=CC(C)(C)N([O])C4(C)C)c3)c2)C(C)(C)N1[O]. The molecule has 2 aliphatic heterocycles. The van der Waals surface area contributed by atoms with Gasteiger partial charge in [0.1, 0.15) is 11.5 Å². The average Bonchev–Trinajstić information content (AvgIpc) is 3.15. The molecule has 0 aromatic heterocycles. The van der Waals surface area contributed by atoms with Gasteiger partial charge in [-0.1, -0.05) is 33.7 Å². The Morgan fingerprint density at radius 2 is 0.975 bits per heavy atom. The second-order valence-corrected chi connectivity index (χ2v) is 14.3. The van der Waals surface area contributed by atoms with Crippen LogP contribution < -0.4 is 9.47 Å². The lowest BCUT2D eigenvalue weighted by molar-refractivity contribution is -0.238. The van der Waals surface area contributed by atoms with Crippen LogP contribution in [0.5, 0.6) is 11.5 Å². The summed E-state index contributed by atoms with van der Waals surface area (Å²) in [4.78, 5) is 27.6. The van der Waals surface area contributed by atoms with E-state index in [4.69, 9.17) is 9.47 Å². The van der Waals surface area contributed by atoms with E-state index in [9.17, 15) is 20.0 Å². The Bertz CT molecular complexity index is 1290. The lowest BCUT2D eigenvalue weighted by Crippen LogP contribution is -2.47. The molecule has 0 N–H and O–H groups in total. The topological polar surface area (TPSA) is 98.9 Å². The fraction of sp³-hybridized carbons (Fsp3) is 0.400. The van der Waals surface area contributed by atoms with Crippen molar-refractivity contribution in [1.82, 2.24) is 10.1 Å². The average molecular weight is 583 g/mol. The van der Waals surface area contributed by atoms with Crippen molar-refractivity contribution in [2.45, 2.75) is 87.3 Å². The van der Waals surface area contributed by atoms with Crippen LogP contribution in [-0.4, -0.2) is 44.2 Å². The standard InChI is InChI=1S/C30H34N2O6S2/c1-27(2)17-23(29(5,6)31(27)35)25(33)37-19-11-9-13-21(15-19)39-40-22-14-10-12-20(16-22)38-26(34)24-18-28(3,4)32(36)30(24,7)8/h9-18H,1-8H3. The van der Waals surface area contributed by atoms with Crippen LogP contribution in [0.15, 0.2) is 81.6 Å². The van der Waals surface area contributed by atoms with Gasteiger partial charge in [0.05, 0.1) is 33.3 Å². The molecule has 0 atom stereocenters. The first-order valence-corrected chi connectivity index (χ1v) is 15.0. The normalized spacial score (nSPS) is 21.1. The van der Waals surface area contributed by atoms with E-state index in [1.165, 1.54) is 21.6 Å². The molecule has 8 nitrogen and oxygen atoms in total. The molecule has 0 amide bonds. The van der Waals surface area contributed by atoms with Crippen LogP contribution in [0.4, 0.5) is 0 Å². The summed E-state index contributed by atoms with van der Waals surface area (Å²) in [7, 11) is 2.90. The highest BCUT2D eigenvalue weighted by molar-refractivity contribution is 8.76. The predicted octanol–water partition coefficient (Wildman–Crippen LogP) is 6.59. The van der Waals surface area contributed by atoms with Crippen LogP contribution in [0.1, 0.15) is 55.4 Å². The highest BCUT2D eigenvalue weighted by atomic mass is 33.1. The quantitative estimate of drug-likeness (QED) is 0.205. The summed E-state index contributed by atoms with van der Waals surface area (Å²) in [5.74, 6) is -0.352. The van der Waals surface area contributed by atoms with Gasteiger partial charge < -0.3 is 9.47 Å². The first-order valence-electron chi connectivity index (χ1n) is 12.9. The van der Waals surface area contributed by atoms with Crippen molar-refractivity contribution in [3.8, 4) is 11.5 Å². The Morgan fingerprint density at radius 1 is 0.625 bits per heavy atom. The molecule has 0 fully saturated rings. The third-order valence-electron chi connectivity index (χ3n) is 7.08. The molecule has 10 heteroatoms. The Morgan fingerprint density at radius 3 is 1.27 bits per heavy atom. The molecule has 2 aromatic carbocycles. The molecular formula is C30H34N2O6S2. The number of benzene rings is 2. The molecular weight excluding hydrogens is 548 g/mol. The predicted molar refractivity (Wildman–Crippen MR) is 153 cm³/mol. The zero-order valence-corrected chi connectivity index (χ0v) is 25.6. The van der Waals surface area contributed by atoms with Crippen LogP contribution >= 0.6 is 21.6 Å². The van der Waals surface area contributed by atoms with Gasteiger partial charge >= 0.3 is 11.9 Å². The zero-order chi connectivity index (χ0) is 29.7. The zero-order valence-electron chi connectivity index (χ0n) is 23.9. The minimum atomic E-state index is -0.994. The summed E-state index contributed by atoms with van der Waals surface area (Å²) in [5, 5.41) is 27.1. The van der Waals surface area contributed by atoms with Crippen LogP contribution in [0, 0.1) is 0 Å². The fourth-order valence-electron chi connectivity index (χ4n) is 5.05. The number of carbonyl (C=O) groups excluding carboxylic acids is 2. The monoisotopic (exact) mass is 582 g/mol. The summed E-state index contributed by atoms with van der Waals surface area (Å²) in [6.07, 6.45) is 3.33. The van der Waals surface area contributed by atoms with Crippen LogP contribution in [-0.2, 0) is 20.0 Å². The third kappa shape index (κ3) is 5.88. The van der Waals surface area contributed by atoms with Gasteiger partial charge in [-0.25, -0.2) is 9.59 Å². The van der Waals surface area contributed by atoms with Gasteiger partial charge in [0.25, 0.3) is 0 Å². The van der Waals surface area contributed by atoms with Gasteiger partial charge in [0.15, 0.2) is 0 Å². The van der Waals surface area contributed by atoms with E-state index >= 15 is 0 Å². The van der Waals surface area contributed by atoms with Crippen molar-refractivity contribution >= 4 is 33.5 Å². The van der Waals surface area contributed by atoms with Crippen molar-refractivity contribution < 1.29 is 29.5 Å². The summed E-state index contributed by atoms with van der Waals surface area (Å²) in [6, 6.07) is 14.3. The molecule has 2 heterocycles. The molecule has 2 radical (unpaired) electrons. The van der Waals surface area contributed by atoms with Gasteiger partial charge in [0.2, 0.25) is 0 Å². The molecule has 40 heavy (non-hydrogen) atoms. The Balaban J connectivity index is 1.40. The third-order valence-corrected chi connectivity index (χ3v) is 9.46. The molecule has 2 aliphatic rings. The first kappa shape index (κ1) is 30.4. The Kier molecular flexibility index (Phi) is 8.09. The maximum atomic E-state index is 12.9. The summed E-state index contributed by atoms with van der Waals surface area (Å²) < 4.78 is 11.3. The van der Waals surface area contributed by atoms with Crippen LogP contribution in [0.25, 0.3) is 0 Å². The number of esters is 2. The van der Waals surface area contributed by atoms with E-state index in [0.717, 1.165) is 19.9 Å². The lowest BCUT2D eigenvalue weighted by Gasteiger charge is -2.33. The van der Waals surface area contributed by atoms with Gasteiger partial charge in [0, 0.05) is 9.79 Å². The number of carbonyl (C=O) groups is 2. The summed E-state index contributed by atoms with van der Waals surface area (Å²) in [5.41, 5.74) is -2.93. The molecule has 0 saturated carbocycles. The highest BCUT2D eigenvalue weighted by Crippen LogP contribution is 2.42. The molecule has 0 saturated heterocycles. The molecule has 212 valence electrons. The van der Waals surface area contributed by atoms with Crippen molar-refractivity contribution in [1.29, 1.82) is 0 Å². The number of hydroxylamine groups is 4. The second-order valence-electron chi connectivity index (χ2n) is 12.0. The summed E-state index contributed by atoms with van der Waals surface area (Å²) >= 11 is 0. The highest BCUT2D eigenvalue weighted by Gasteiger charge is 2.50. The van der Waals surface area contributed by atoms with Gasteiger partial charge in [-0.05, 0) is 104 Å². The molecule has 4 rings (SSSR count). The molecule has 0 spiro atoms. The van der Waals surface area contributed by atoms with E-state index in [1.54, 1.807) is 104 Å². The number of hydrogen-bond acceptors (Lipinski definition) is 8. The molecule has 0 bridgehead atoms. The molecule has 0 aliphatic carbocycles. The van der Waals surface area contributed by atoms with Crippen molar-refractivity contribution in [3.05, 3.63) is 71.8 Å². The Labute approximate surface area is 243 Å². The van der Waals surface area contributed by atoms with Crippen LogP contribution in [0.2, 0.25) is 0 Å². The van der Waals surface area contributed by atoms with Gasteiger partial charge in [-0.15, -0.1) is 20.5 Å². The number of hydrogen-bond donors (Lipinski definition) is 0. The van der Waals surface area contributed by atoms with Crippen molar-refractivity contribution in [2.75, 3.05) is 0 Å². The number of nitrogens with zero attached hydrogens (tertiary/aromatic N) is 2. The van der Waals surface area contributed by atoms with Crippen LogP contribution in [0.3, 0.4) is 0 Å². The smallest absolute Gasteiger partial charge is 0.341 e. The maximum Gasteiger partial charge on any atom is 0.341 e. The maximum absolute atomic E-state index is 12.9. The second kappa shape index (κ2) is 10.7. The first-order chi connectivity index (χ1) is 18.4. The summed E-state index contributed by atoms with van der Waals surface area (Å²) in [6.45, 7) is 13.9. The van der Waals surface area contributed by atoms with Crippen molar-refractivity contribution in [3.63, 3.8) is 0 Å². The van der Waals surface area contributed by atoms with Gasteiger partial charge in [-0.3, -0.25) is 0 Å². The fourth-order valence-corrected chi connectivity index (χ4v) is 7.04. The minimum absolute atomic E-state index is 0.328. The largest absolute Gasteiger partial charge is 0.423 e. The minimum Gasteiger partial charge on any atom is -0.423 e. The molecule has 0 unspecified atom stereocenters. The van der Waals surface area contributed by atoms with E-state index < -0.39 is 34.1 Å². The Hall–Kier alpha value is -2.60. The van der Waals surface area contributed by atoms with E-state index in [0.29, 0.717) is 22.6 Å². The number of rotatable bonds is 7. The van der Waals surface area contributed by atoms with Gasteiger partial charge in [-0.2, -0.15) is 0 Å². The molecule has 2 aromatic rings. The van der Waals surface area contributed by atoms with Crippen molar-refractivity contribution in [2.24, 2.45) is 0 Å². The van der Waals surface area contributed by atoms with E-state index in [2.05, 4.69) is 0 Å². The van der Waals surface area contributed by atoms with E-state index in [1.807, 2.05) is 12.1 Å².